The number of amides is 2. The van der Waals surface area contributed by atoms with Crippen LogP contribution in [0.2, 0.25) is 20.1 Å². The summed E-state index contributed by atoms with van der Waals surface area (Å²) < 4.78 is 35.9. The van der Waals surface area contributed by atoms with Crippen LogP contribution in [0.15, 0.2) is 97.1 Å². The maximum atomic E-state index is 14.3. The van der Waals surface area contributed by atoms with Crippen molar-refractivity contribution >= 4 is 91.8 Å². The van der Waals surface area contributed by atoms with E-state index in [4.69, 9.17) is 55.9 Å². The third kappa shape index (κ3) is 15.2. The second-order valence-electron chi connectivity index (χ2n) is 20.1. The Morgan fingerprint density at radius 1 is 0.575 bits per heavy atom. The molecule has 400 valence electrons. The minimum absolute atomic E-state index is 0. The van der Waals surface area contributed by atoms with Gasteiger partial charge in [0, 0.05) is 87.6 Å². The van der Waals surface area contributed by atoms with E-state index < -0.39 is 44.4 Å². The van der Waals surface area contributed by atoms with E-state index >= 15 is 0 Å². The molecule has 2 saturated heterocycles. The van der Waals surface area contributed by atoms with Gasteiger partial charge in [0.25, 0.3) is 0 Å². The van der Waals surface area contributed by atoms with Gasteiger partial charge < -0.3 is 19.3 Å². The van der Waals surface area contributed by atoms with Crippen LogP contribution >= 0.6 is 46.4 Å². The van der Waals surface area contributed by atoms with Crippen LogP contribution in [0.25, 0.3) is 0 Å². The molecule has 6 rings (SSSR count). The number of rotatable bonds is 18. The molecule has 0 aliphatic carbocycles. The Morgan fingerprint density at radius 2 is 0.904 bits per heavy atom. The molecular weight excluding hydrogens is 1050 g/mol. The molecule has 0 unspecified atom stereocenters. The highest BCUT2D eigenvalue weighted by Gasteiger charge is 2.54. The maximum absolute atomic E-state index is 14.3. The largest absolute Gasteiger partial charge is 0.469 e. The highest BCUT2D eigenvalue weighted by molar-refractivity contribution is 7.85. The predicted octanol–water partition coefficient (Wildman–Crippen LogP) is 13.7. The SMILES string of the molecule is C.CC[C@@H](C[S@@](=O)C(C)C)N1C(=O)[C@@](C)(CC(=O)OC)C[C@H](c2cccc(Cl)c2)[C@H]1c1ccc(Cl)cc1.CC[C@@H](C[S@](=O)C(C)C)N1C(=O)[C@@](C)(CC(=O)OC)C[C@H](c2cccc(Cl)c2)[C@H]1c1ccc(Cl)cc1. The molecule has 10 nitrogen and oxygen atoms in total. The number of nitrogens with zero attached hydrogens (tertiary/aromatic N) is 2. The highest BCUT2D eigenvalue weighted by Crippen LogP contribution is 2.54. The first-order chi connectivity index (χ1) is 34.0. The number of likely N-dealkylation sites (tertiary alicyclic amines) is 2. The third-order valence-corrected chi connectivity index (χ3v) is 18.7. The van der Waals surface area contributed by atoms with Crippen molar-refractivity contribution in [3.05, 3.63) is 139 Å². The molecule has 2 amide bonds. The Labute approximate surface area is 459 Å². The van der Waals surface area contributed by atoms with Gasteiger partial charge >= 0.3 is 11.9 Å². The molecule has 2 fully saturated rings. The van der Waals surface area contributed by atoms with Crippen LogP contribution in [-0.2, 0) is 50.3 Å². The molecule has 4 aromatic carbocycles. The van der Waals surface area contributed by atoms with E-state index in [-0.39, 0.29) is 78.6 Å². The number of hydrogen-bond acceptors (Lipinski definition) is 8. The first kappa shape index (κ1) is 61.8. The number of carbonyl (C=O) groups is 4. The van der Waals surface area contributed by atoms with Crippen molar-refractivity contribution in [2.24, 2.45) is 10.8 Å². The quantitative estimate of drug-likeness (QED) is 0.0902. The van der Waals surface area contributed by atoms with E-state index in [1.807, 2.05) is 162 Å². The fourth-order valence-electron chi connectivity index (χ4n) is 10.2. The van der Waals surface area contributed by atoms with E-state index in [2.05, 4.69) is 0 Å². The Hall–Kier alpha value is -3.78. The zero-order valence-electron chi connectivity index (χ0n) is 43.0. The molecule has 0 bridgehead atoms. The summed E-state index contributed by atoms with van der Waals surface area (Å²) in [4.78, 5) is 57.3. The smallest absolute Gasteiger partial charge is 0.306 e. The molecule has 0 aromatic heterocycles. The fraction of sp³-hybridized carbons (Fsp3) is 0.509. The van der Waals surface area contributed by atoms with Crippen molar-refractivity contribution in [2.75, 3.05) is 25.7 Å². The number of esters is 2. The lowest BCUT2D eigenvalue weighted by Gasteiger charge is -2.52. The second kappa shape index (κ2) is 27.3. The van der Waals surface area contributed by atoms with Crippen LogP contribution in [0.5, 0.6) is 0 Å². The summed E-state index contributed by atoms with van der Waals surface area (Å²) in [6.07, 6.45) is 2.07. The summed E-state index contributed by atoms with van der Waals surface area (Å²) in [5, 5.41) is 2.36. The molecule has 2 aliphatic heterocycles. The lowest BCUT2D eigenvalue weighted by molar-refractivity contribution is -0.161. The van der Waals surface area contributed by atoms with Gasteiger partial charge in [0.05, 0.1) is 50.0 Å². The minimum atomic E-state index is -1.12. The van der Waals surface area contributed by atoms with E-state index in [0.717, 1.165) is 22.3 Å². The van der Waals surface area contributed by atoms with Gasteiger partial charge in [0.1, 0.15) is 0 Å². The highest BCUT2D eigenvalue weighted by atomic mass is 35.5. The summed E-state index contributed by atoms with van der Waals surface area (Å²) in [5.41, 5.74) is 1.86. The summed E-state index contributed by atoms with van der Waals surface area (Å²) in [6.45, 7) is 15.4. The van der Waals surface area contributed by atoms with Crippen molar-refractivity contribution in [3.63, 3.8) is 0 Å². The molecule has 0 radical (unpaired) electrons. The number of halogens is 4. The Morgan fingerprint density at radius 3 is 1.18 bits per heavy atom. The number of ether oxygens (including phenoxy) is 2. The van der Waals surface area contributed by atoms with Gasteiger partial charge in [-0.1, -0.05) is 158 Å². The number of benzene rings is 4. The van der Waals surface area contributed by atoms with Crippen molar-refractivity contribution < 1.29 is 37.1 Å². The normalized spacial score (nSPS) is 23.7. The molecule has 2 heterocycles. The number of piperidine rings is 2. The van der Waals surface area contributed by atoms with Crippen LogP contribution in [0.1, 0.15) is 148 Å². The third-order valence-electron chi connectivity index (χ3n) is 14.2. The van der Waals surface area contributed by atoms with Crippen LogP contribution in [0, 0.1) is 10.8 Å². The molecule has 73 heavy (non-hydrogen) atoms. The molecule has 10 atom stereocenters. The van der Waals surface area contributed by atoms with Crippen LogP contribution in [0.4, 0.5) is 0 Å². The Kier molecular flexibility index (Phi) is 23.1. The summed E-state index contributed by atoms with van der Waals surface area (Å²) in [5.74, 6) is -0.699. The standard InChI is InChI=1S/2C28H35Cl2NO4S.CH4/c2*1-6-23(17-36(34)18(2)3)31-26(19-10-12-21(29)13-11-19)24(20-8-7-9-22(30)14-20)15-28(4,27(31)33)16-25(32)35-5;/h2*7-14,18,23-24,26H,6,15-17H2,1-5H3;1H4/t23-,24+,26+,28+,36+;23-,24+,26+,28+,36-;/m00./s1. The zero-order valence-corrected chi connectivity index (χ0v) is 47.7. The summed E-state index contributed by atoms with van der Waals surface area (Å²) in [7, 11) is 0.436. The number of methoxy groups -OCH3 is 2. The van der Waals surface area contributed by atoms with Crippen LogP contribution in [-0.4, -0.2) is 90.3 Å². The van der Waals surface area contributed by atoms with E-state index in [9.17, 15) is 27.6 Å². The van der Waals surface area contributed by atoms with Crippen molar-refractivity contribution in [2.45, 2.75) is 148 Å². The first-order valence-corrected chi connectivity index (χ1v) is 28.8. The molecule has 4 aromatic rings. The van der Waals surface area contributed by atoms with Gasteiger partial charge in [0.15, 0.2) is 0 Å². The summed E-state index contributed by atoms with van der Waals surface area (Å²) in [6, 6.07) is 29.2. The summed E-state index contributed by atoms with van der Waals surface area (Å²) >= 11 is 25.2. The van der Waals surface area contributed by atoms with Crippen molar-refractivity contribution in [1.29, 1.82) is 0 Å². The van der Waals surface area contributed by atoms with E-state index in [1.165, 1.54) is 14.2 Å². The Balaban J connectivity index is 0.000000312. The van der Waals surface area contributed by atoms with E-state index in [0.29, 0.717) is 57.3 Å². The van der Waals surface area contributed by atoms with Gasteiger partial charge in [0.2, 0.25) is 11.8 Å². The van der Waals surface area contributed by atoms with Gasteiger partial charge in [-0.05, 0) is 96.5 Å². The first-order valence-electron chi connectivity index (χ1n) is 24.6. The van der Waals surface area contributed by atoms with E-state index in [1.54, 1.807) is 0 Å². The monoisotopic (exact) mass is 1120 g/mol. The van der Waals surface area contributed by atoms with Gasteiger partial charge in [-0.15, -0.1) is 0 Å². The lowest BCUT2D eigenvalue weighted by atomic mass is 9.67. The molecule has 0 saturated carbocycles. The second-order valence-corrected chi connectivity index (χ2v) is 25.9. The number of hydrogen-bond donors (Lipinski definition) is 0. The fourth-order valence-corrected chi connectivity index (χ4v) is 13.2. The molecule has 0 N–H and O–H groups in total. The van der Waals surface area contributed by atoms with Crippen molar-refractivity contribution in [1.82, 2.24) is 9.80 Å². The predicted molar refractivity (Wildman–Crippen MR) is 300 cm³/mol. The van der Waals surface area contributed by atoms with Crippen molar-refractivity contribution in [3.8, 4) is 0 Å². The van der Waals surface area contributed by atoms with Gasteiger partial charge in [-0.25, -0.2) is 0 Å². The lowest BCUT2D eigenvalue weighted by Crippen LogP contribution is -2.57. The maximum Gasteiger partial charge on any atom is 0.306 e. The van der Waals surface area contributed by atoms with Gasteiger partial charge in [-0.2, -0.15) is 0 Å². The number of carbonyl (C=O) groups excluding carboxylic acids is 4. The molecule has 16 heteroatoms. The molecule has 0 spiro atoms. The average Bonchev–Trinajstić information content (AvgIpc) is 3.34. The minimum Gasteiger partial charge on any atom is -0.469 e. The zero-order chi connectivity index (χ0) is 53.2. The van der Waals surface area contributed by atoms with Crippen LogP contribution < -0.4 is 0 Å². The topological polar surface area (TPSA) is 127 Å². The molecular formula is C57H74Cl4N2O8S2. The van der Waals surface area contributed by atoms with Crippen LogP contribution in [0.3, 0.4) is 0 Å². The molecule has 2 aliphatic rings. The average molecular weight is 1120 g/mol. The Bertz CT molecular complexity index is 2390. The van der Waals surface area contributed by atoms with Gasteiger partial charge in [-0.3, -0.25) is 27.6 Å².